The van der Waals surface area contributed by atoms with Crippen molar-refractivity contribution in [2.24, 2.45) is 0 Å². The van der Waals surface area contributed by atoms with Gasteiger partial charge in [-0.3, -0.25) is 9.69 Å². The van der Waals surface area contributed by atoms with E-state index in [1.54, 1.807) is 18.4 Å². The van der Waals surface area contributed by atoms with Crippen LogP contribution in [0.2, 0.25) is 0 Å². The van der Waals surface area contributed by atoms with E-state index in [9.17, 15) is 4.79 Å². The maximum Gasteiger partial charge on any atom is 0.261 e. The lowest BCUT2D eigenvalue weighted by Gasteiger charge is -2.04. The van der Waals surface area contributed by atoms with Crippen LogP contribution in [-0.2, 0) is 13.1 Å². The summed E-state index contributed by atoms with van der Waals surface area (Å²) in [4.78, 5) is 15.7. The first kappa shape index (κ1) is 8.72. The number of rotatable bonds is 1. The van der Waals surface area contributed by atoms with Gasteiger partial charge in [0.15, 0.2) is 0 Å². The maximum absolute atomic E-state index is 11.3. The van der Waals surface area contributed by atoms with Gasteiger partial charge in [0.1, 0.15) is 0 Å². The molecule has 0 saturated heterocycles. The molecule has 0 bridgehead atoms. The van der Waals surface area contributed by atoms with Crippen molar-refractivity contribution in [3.63, 3.8) is 0 Å². The highest BCUT2D eigenvalue weighted by atomic mass is 32.1. The molecule has 0 atom stereocenters. The third-order valence-electron chi connectivity index (χ3n) is 2.20. The Morgan fingerprint density at radius 2 is 2.38 bits per heavy atom. The van der Waals surface area contributed by atoms with Gasteiger partial charge in [0, 0.05) is 25.0 Å². The molecule has 2 rings (SSSR count). The summed E-state index contributed by atoms with van der Waals surface area (Å²) in [6.07, 6.45) is 0. The van der Waals surface area contributed by atoms with Gasteiger partial charge in [-0.2, -0.15) is 0 Å². The smallest absolute Gasteiger partial charge is 0.261 e. The van der Waals surface area contributed by atoms with E-state index in [-0.39, 0.29) is 5.91 Å². The van der Waals surface area contributed by atoms with Crippen molar-refractivity contribution in [2.45, 2.75) is 13.1 Å². The molecule has 1 N–H and O–H groups in total. The summed E-state index contributed by atoms with van der Waals surface area (Å²) in [6.45, 7) is 1.96. The van der Waals surface area contributed by atoms with Gasteiger partial charge < -0.3 is 5.32 Å². The molecule has 0 unspecified atom stereocenters. The van der Waals surface area contributed by atoms with Crippen LogP contribution in [-0.4, -0.2) is 24.9 Å². The Morgan fingerprint density at radius 3 is 3.00 bits per heavy atom. The van der Waals surface area contributed by atoms with E-state index < -0.39 is 0 Å². The van der Waals surface area contributed by atoms with Gasteiger partial charge in [0.2, 0.25) is 0 Å². The number of nitrogens with zero attached hydrogens (tertiary/aromatic N) is 1. The topological polar surface area (TPSA) is 32.3 Å². The highest BCUT2D eigenvalue weighted by Gasteiger charge is 2.20. The van der Waals surface area contributed by atoms with Crippen molar-refractivity contribution in [1.82, 2.24) is 10.2 Å². The van der Waals surface area contributed by atoms with Crippen LogP contribution < -0.4 is 5.32 Å². The molecule has 2 heterocycles. The molecular weight excluding hydrogens is 184 g/mol. The minimum absolute atomic E-state index is 0.0297. The third kappa shape index (κ3) is 1.47. The minimum atomic E-state index is 0.0297. The summed E-state index contributed by atoms with van der Waals surface area (Å²) in [7, 11) is 3.76. The van der Waals surface area contributed by atoms with Crippen LogP contribution in [0.3, 0.4) is 0 Å². The van der Waals surface area contributed by atoms with Crippen molar-refractivity contribution >= 4 is 17.2 Å². The zero-order valence-corrected chi connectivity index (χ0v) is 8.57. The molecule has 4 heteroatoms. The zero-order chi connectivity index (χ0) is 9.42. The van der Waals surface area contributed by atoms with E-state index in [1.807, 2.05) is 6.07 Å². The van der Waals surface area contributed by atoms with Crippen molar-refractivity contribution in [3.05, 3.63) is 21.4 Å². The summed E-state index contributed by atoms with van der Waals surface area (Å²) >= 11 is 1.60. The van der Waals surface area contributed by atoms with Crippen LogP contribution >= 0.6 is 11.3 Å². The van der Waals surface area contributed by atoms with Gasteiger partial charge in [-0.1, -0.05) is 0 Å². The fourth-order valence-corrected chi connectivity index (χ4v) is 2.76. The molecule has 0 aromatic carbocycles. The van der Waals surface area contributed by atoms with E-state index in [0.717, 1.165) is 18.0 Å². The number of fused-ring (bicyclic) bond motifs is 1. The number of amides is 1. The lowest BCUT2D eigenvalue weighted by Crippen LogP contribution is -2.16. The Kier molecular flexibility index (Phi) is 2.09. The number of nitrogens with one attached hydrogen (secondary N) is 1. The molecule has 13 heavy (non-hydrogen) atoms. The average Bonchev–Trinajstić information content (AvgIpc) is 2.59. The molecule has 0 spiro atoms. The molecule has 70 valence electrons. The van der Waals surface area contributed by atoms with Crippen LogP contribution in [0, 0.1) is 0 Å². The quantitative estimate of drug-likeness (QED) is 0.728. The summed E-state index contributed by atoms with van der Waals surface area (Å²) in [5.74, 6) is 0.0297. The lowest BCUT2D eigenvalue weighted by molar-refractivity contribution is 0.0967. The number of hydrogen-bond acceptors (Lipinski definition) is 3. The highest BCUT2D eigenvalue weighted by molar-refractivity contribution is 7.14. The molecule has 1 aliphatic rings. The first-order valence-electron chi connectivity index (χ1n) is 4.23. The fraction of sp³-hybridized carbons (Fsp3) is 0.444. The van der Waals surface area contributed by atoms with E-state index in [1.165, 1.54) is 10.4 Å². The maximum atomic E-state index is 11.3. The minimum Gasteiger partial charge on any atom is -0.354 e. The van der Waals surface area contributed by atoms with Crippen LogP contribution in [0.4, 0.5) is 0 Å². The molecule has 1 aliphatic heterocycles. The molecule has 0 saturated carbocycles. The summed E-state index contributed by atoms with van der Waals surface area (Å²) in [5.41, 5.74) is 1.31. The Hall–Kier alpha value is -0.870. The summed E-state index contributed by atoms with van der Waals surface area (Å²) < 4.78 is 0. The lowest BCUT2D eigenvalue weighted by atomic mass is 10.3. The van der Waals surface area contributed by atoms with Gasteiger partial charge in [0.05, 0.1) is 4.88 Å². The van der Waals surface area contributed by atoms with E-state index in [4.69, 9.17) is 0 Å². The van der Waals surface area contributed by atoms with Crippen molar-refractivity contribution in [1.29, 1.82) is 0 Å². The Balaban J connectivity index is 2.26. The second kappa shape index (κ2) is 3.12. The zero-order valence-electron chi connectivity index (χ0n) is 7.76. The molecule has 0 fully saturated rings. The van der Waals surface area contributed by atoms with Gasteiger partial charge in [0.25, 0.3) is 5.91 Å². The van der Waals surface area contributed by atoms with Crippen molar-refractivity contribution < 1.29 is 4.79 Å². The molecule has 1 aromatic heterocycles. The number of hydrogen-bond donors (Lipinski definition) is 1. The first-order chi connectivity index (χ1) is 6.20. The van der Waals surface area contributed by atoms with Gasteiger partial charge in [-0.15, -0.1) is 11.3 Å². The van der Waals surface area contributed by atoms with Crippen LogP contribution in [0.5, 0.6) is 0 Å². The highest BCUT2D eigenvalue weighted by Crippen LogP contribution is 2.29. The molecule has 0 aliphatic carbocycles. The average molecular weight is 196 g/mol. The van der Waals surface area contributed by atoms with E-state index >= 15 is 0 Å². The first-order valence-corrected chi connectivity index (χ1v) is 5.04. The Bertz CT molecular complexity index is 322. The van der Waals surface area contributed by atoms with E-state index in [2.05, 4.69) is 17.3 Å². The summed E-state index contributed by atoms with van der Waals surface area (Å²) in [6, 6.07) is 2.00. The number of thiophene rings is 1. The number of carbonyl (C=O) groups is 1. The van der Waals surface area contributed by atoms with E-state index in [0.29, 0.717) is 0 Å². The Labute approximate surface area is 81.4 Å². The molecule has 0 radical (unpaired) electrons. The summed E-state index contributed by atoms with van der Waals surface area (Å²) in [5, 5.41) is 2.64. The van der Waals surface area contributed by atoms with Crippen LogP contribution in [0.15, 0.2) is 6.07 Å². The van der Waals surface area contributed by atoms with Crippen molar-refractivity contribution in [2.75, 3.05) is 14.1 Å². The number of carbonyl (C=O) groups excluding carboxylic acids is 1. The predicted octanol–water partition coefficient (Wildman–Crippen LogP) is 1.05. The van der Waals surface area contributed by atoms with Gasteiger partial charge in [-0.25, -0.2) is 0 Å². The fourth-order valence-electron chi connectivity index (χ4n) is 1.56. The largest absolute Gasteiger partial charge is 0.354 e. The van der Waals surface area contributed by atoms with Crippen LogP contribution in [0.1, 0.15) is 20.1 Å². The second-order valence-corrected chi connectivity index (χ2v) is 4.45. The van der Waals surface area contributed by atoms with Gasteiger partial charge >= 0.3 is 0 Å². The SMILES string of the molecule is CNC(=O)c1cc2c(s1)CN(C)C2. The Morgan fingerprint density at radius 1 is 1.62 bits per heavy atom. The normalized spacial score (nSPS) is 15.8. The molecule has 1 amide bonds. The molecular formula is C9H12N2OS. The molecule has 3 nitrogen and oxygen atoms in total. The van der Waals surface area contributed by atoms with Gasteiger partial charge in [-0.05, 0) is 18.7 Å². The second-order valence-electron chi connectivity index (χ2n) is 3.31. The predicted molar refractivity (Wildman–Crippen MR) is 52.9 cm³/mol. The molecule has 1 aromatic rings. The monoisotopic (exact) mass is 196 g/mol. The van der Waals surface area contributed by atoms with Crippen molar-refractivity contribution in [3.8, 4) is 0 Å². The third-order valence-corrected chi connectivity index (χ3v) is 3.36. The van der Waals surface area contributed by atoms with Crippen LogP contribution in [0.25, 0.3) is 0 Å². The standard InChI is InChI=1S/C9H12N2OS/c1-10-9(12)7-3-6-4-11(2)5-8(6)13-7/h3H,4-5H2,1-2H3,(H,10,12).